The van der Waals surface area contributed by atoms with Gasteiger partial charge in [0.05, 0.1) is 0 Å². The van der Waals surface area contributed by atoms with E-state index in [1.165, 1.54) is 49.7 Å². The Morgan fingerprint density at radius 2 is 1.12 bits per heavy atom. The third kappa shape index (κ3) is 7.15. The molecule has 6 aromatic rings. The van der Waals surface area contributed by atoms with Crippen molar-refractivity contribution in [3.8, 4) is 11.1 Å². The molecular weight excluding hydrogens is 694 g/mol. The third-order valence-corrected chi connectivity index (χ3v) is 7.05. The molecule has 0 aromatic heterocycles. The summed E-state index contributed by atoms with van der Waals surface area (Å²) >= 11 is 0. The first kappa shape index (κ1) is 31.4. The number of fused-ring (bicyclic) bond motifs is 2. The van der Waals surface area contributed by atoms with E-state index in [0.29, 0.717) is 5.92 Å². The Morgan fingerprint density at radius 1 is 0.575 bits per heavy atom. The number of hydrogen-bond donors (Lipinski definition) is 0. The van der Waals surface area contributed by atoms with Crippen LogP contribution in [0.25, 0.3) is 27.5 Å². The SMILES string of the molecule is [C-]1=C(c2ccccc2)C(Cc2ccccc2)c2ccccc21.[Cl-].[Cl-].[Hf+4].c1ccc(-c2cc3ccccc3[cH-]2)cc1. The minimum absolute atomic E-state index is 0. The number of benzene rings is 5. The molecule has 0 saturated heterocycles. The molecule has 1 unspecified atom stereocenters. The van der Waals surface area contributed by atoms with Crippen LogP contribution in [0.2, 0.25) is 0 Å². The van der Waals surface area contributed by atoms with Crippen LogP contribution in [-0.4, -0.2) is 0 Å². The molecule has 1 atom stereocenters. The van der Waals surface area contributed by atoms with E-state index in [1.807, 2.05) is 6.07 Å². The molecule has 0 nitrogen and oxygen atoms in total. The van der Waals surface area contributed by atoms with Gasteiger partial charge in [-0.2, -0.15) is 0 Å². The molecule has 1 aliphatic rings. The second-order valence-electron chi connectivity index (χ2n) is 9.47. The van der Waals surface area contributed by atoms with Crippen molar-refractivity contribution >= 4 is 16.3 Å². The summed E-state index contributed by atoms with van der Waals surface area (Å²) in [4.78, 5) is 0. The summed E-state index contributed by atoms with van der Waals surface area (Å²) in [6, 6.07) is 53.5. The molecule has 6 aromatic carbocycles. The summed E-state index contributed by atoms with van der Waals surface area (Å²) in [5.74, 6) is 0.390. The Bertz CT molecular complexity index is 1600. The second kappa shape index (κ2) is 15.1. The van der Waals surface area contributed by atoms with Gasteiger partial charge in [0.2, 0.25) is 0 Å². The van der Waals surface area contributed by atoms with Gasteiger partial charge in [-0.05, 0) is 17.9 Å². The van der Waals surface area contributed by atoms with Crippen molar-refractivity contribution in [1.82, 2.24) is 0 Å². The number of allylic oxidation sites excluding steroid dienone is 1. The number of hydrogen-bond acceptors (Lipinski definition) is 0. The van der Waals surface area contributed by atoms with E-state index in [9.17, 15) is 0 Å². The van der Waals surface area contributed by atoms with Crippen molar-refractivity contribution < 1.29 is 50.7 Å². The van der Waals surface area contributed by atoms with E-state index < -0.39 is 0 Å². The first-order valence-electron chi connectivity index (χ1n) is 12.9. The Balaban J connectivity index is 0.000000217. The van der Waals surface area contributed by atoms with Gasteiger partial charge in [0.1, 0.15) is 0 Å². The molecule has 1 aliphatic carbocycles. The molecule has 0 N–H and O–H groups in total. The fraction of sp³-hybridized carbons (Fsp3) is 0.0541. The smallest absolute Gasteiger partial charge is 1.00 e. The maximum absolute atomic E-state index is 3.64. The van der Waals surface area contributed by atoms with Gasteiger partial charge in [0, 0.05) is 0 Å². The van der Waals surface area contributed by atoms with Gasteiger partial charge in [-0.3, -0.25) is 0 Å². The topological polar surface area (TPSA) is 0 Å². The molecular formula is C37H28Cl2Hf. The van der Waals surface area contributed by atoms with Crippen LogP contribution in [0.5, 0.6) is 0 Å². The average Bonchev–Trinajstić information content (AvgIpc) is 3.57. The quantitative estimate of drug-likeness (QED) is 0.193. The maximum Gasteiger partial charge on any atom is 4.00 e. The van der Waals surface area contributed by atoms with Crippen LogP contribution in [0.4, 0.5) is 0 Å². The Kier molecular flexibility index (Phi) is 11.8. The predicted molar refractivity (Wildman–Crippen MR) is 156 cm³/mol. The van der Waals surface area contributed by atoms with Crippen molar-refractivity contribution in [2.75, 3.05) is 0 Å². The van der Waals surface area contributed by atoms with E-state index in [4.69, 9.17) is 0 Å². The van der Waals surface area contributed by atoms with Gasteiger partial charge >= 0.3 is 25.8 Å². The first-order chi connectivity index (χ1) is 18.3. The summed E-state index contributed by atoms with van der Waals surface area (Å²) in [5, 5.41) is 2.63. The van der Waals surface area contributed by atoms with E-state index in [2.05, 4.69) is 152 Å². The number of rotatable bonds is 4. The molecule has 0 saturated carbocycles. The molecule has 0 bridgehead atoms. The molecule has 0 radical (unpaired) electrons. The van der Waals surface area contributed by atoms with Crippen molar-refractivity contribution in [3.63, 3.8) is 0 Å². The van der Waals surface area contributed by atoms with Gasteiger partial charge in [-0.25, -0.2) is 0 Å². The van der Waals surface area contributed by atoms with Crippen molar-refractivity contribution in [3.05, 3.63) is 180 Å². The minimum atomic E-state index is 0. The minimum Gasteiger partial charge on any atom is -1.00 e. The zero-order chi connectivity index (χ0) is 24.9. The summed E-state index contributed by atoms with van der Waals surface area (Å²) < 4.78 is 0. The fourth-order valence-corrected chi connectivity index (χ4v) is 5.20. The molecule has 7 rings (SSSR count). The molecule has 0 amide bonds. The molecule has 0 heterocycles. The van der Waals surface area contributed by atoms with Gasteiger partial charge in [0.25, 0.3) is 0 Å². The van der Waals surface area contributed by atoms with Crippen LogP contribution in [-0.2, 0) is 32.3 Å². The van der Waals surface area contributed by atoms with Crippen LogP contribution < -0.4 is 24.8 Å². The van der Waals surface area contributed by atoms with Gasteiger partial charge in [0.15, 0.2) is 0 Å². The second-order valence-corrected chi connectivity index (χ2v) is 9.47. The fourth-order valence-electron chi connectivity index (χ4n) is 5.20. The summed E-state index contributed by atoms with van der Waals surface area (Å²) in [6.07, 6.45) is 4.66. The van der Waals surface area contributed by atoms with Gasteiger partial charge in [-0.1, -0.05) is 126 Å². The van der Waals surface area contributed by atoms with E-state index >= 15 is 0 Å². The zero-order valence-electron chi connectivity index (χ0n) is 22.0. The summed E-state index contributed by atoms with van der Waals surface area (Å²) in [7, 11) is 0. The van der Waals surface area contributed by atoms with Gasteiger partial charge in [-0.15, -0.1) is 75.5 Å². The average molecular weight is 722 g/mol. The first-order valence-corrected chi connectivity index (χ1v) is 12.9. The molecule has 0 fully saturated rings. The maximum atomic E-state index is 3.64. The predicted octanol–water partition coefficient (Wildman–Crippen LogP) is 3.49. The van der Waals surface area contributed by atoms with Crippen LogP contribution in [0.15, 0.2) is 152 Å². The van der Waals surface area contributed by atoms with E-state index in [0.717, 1.165) is 6.42 Å². The number of halogens is 2. The molecule has 0 spiro atoms. The standard InChI is InChI=1S/C22H17.C15H11.2ClH.Hf/c1-3-9-17(10-4-1)15-22-20-14-8-7-13-19(20)16-21(22)18-11-5-2-6-12-18;1-2-6-12(7-3-1)15-10-13-8-4-5-9-14(13)11-15;;;/h1-14,22H,15H2;1-11H;2*1H;/q2*-1;;;+4/p-2. The van der Waals surface area contributed by atoms with E-state index in [-0.39, 0.29) is 50.7 Å². The molecule has 0 aliphatic heterocycles. The Labute approximate surface area is 268 Å². The van der Waals surface area contributed by atoms with Gasteiger partial charge < -0.3 is 24.8 Å². The zero-order valence-corrected chi connectivity index (χ0v) is 27.1. The Hall–Kier alpha value is -3.10. The molecule has 40 heavy (non-hydrogen) atoms. The van der Waals surface area contributed by atoms with Crippen LogP contribution in [0.3, 0.4) is 0 Å². The normalized spacial score (nSPS) is 12.9. The monoisotopic (exact) mass is 722 g/mol. The largest absolute Gasteiger partial charge is 4.00 e. The van der Waals surface area contributed by atoms with Crippen molar-refractivity contribution in [1.29, 1.82) is 0 Å². The summed E-state index contributed by atoms with van der Waals surface area (Å²) in [6.45, 7) is 0. The van der Waals surface area contributed by atoms with Crippen molar-refractivity contribution in [2.45, 2.75) is 12.3 Å². The Morgan fingerprint density at radius 3 is 1.80 bits per heavy atom. The summed E-state index contributed by atoms with van der Waals surface area (Å²) in [5.41, 5.74) is 9.18. The third-order valence-electron chi connectivity index (χ3n) is 7.05. The van der Waals surface area contributed by atoms with E-state index in [1.54, 1.807) is 0 Å². The molecule has 3 heteroatoms. The van der Waals surface area contributed by atoms with Crippen LogP contribution in [0.1, 0.15) is 28.2 Å². The molecule has 194 valence electrons. The van der Waals surface area contributed by atoms with Crippen LogP contribution in [0, 0.1) is 6.08 Å². The van der Waals surface area contributed by atoms with Crippen LogP contribution >= 0.6 is 0 Å². The van der Waals surface area contributed by atoms with Crippen molar-refractivity contribution in [2.24, 2.45) is 0 Å².